The summed E-state index contributed by atoms with van der Waals surface area (Å²) in [5, 5.41) is 19.7. The van der Waals surface area contributed by atoms with Crippen molar-refractivity contribution >= 4 is 22.8 Å². The van der Waals surface area contributed by atoms with Crippen LogP contribution in [0.2, 0.25) is 0 Å². The van der Waals surface area contributed by atoms with Gasteiger partial charge in [0.1, 0.15) is 0 Å². The lowest BCUT2D eigenvalue weighted by atomic mass is 9.92. The standard InChI is InChI=1S/C22H19F4NO4/c1-3-4-14(21(30)31)19-11(2)27(17-10-16(23)18(28)9-15(17)19)20(29)12-5-7-13(8-6-12)22(24,25)26/h5-10,14,28H,3-4H2,1-2H3,(H,30,31). The summed E-state index contributed by atoms with van der Waals surface area (Å²) in [6, 6.07) is 5.52. The van der Waals surface area contributed by atoms with E-state index in [1.165, 1.54) is 6.92 Å². The Kier molecular flexibility index (Phi) is 5.80. The van der Waals surface area contributed by atoms with Crippen LogP contribution in [0.1, 0.15) is 52.9 Å². The minimum atomic E-state index is -4.57. The maximum Gasteiger partial charge on any atom is 0.416 e. The fourth-order valence-corrected chi connectivity index (χ4v) is 3.76. The number of fused-ring (bicyclic) bond motifs is 1. The van der Waals surface area contributed by atoms with Crippen LogP contribution in [-0.4, -0.2) is 26.7 Å². The third-order valence-electron chi connectivity index (χ3n) is 5.21. The summed E-state index contributed by atoms with van der Waals surface area (Å²) in [4.78, 5) is 25.0. The average Bonchev–Trinajstić information content (AvgIpc) is 2.96. The number of hydrogen-bond donors (Lipinski definition) is 2. The van der Waals surface area contributed by atoms with E-state index in [9.17, 15) is 37.4 Å². The van der Waals surface area contributed by atoms with E-state index in [0.717, 1.165) is 41.0 Å². The van der Waals surface area contributed by atoms with Crippen LogP contribution in [-0.2, 0) is 11.0 Å². The van der Waals surface area contributed by atoms with Gasteiger partial charge in [-0.2, -0.15) is 13.2 Å². The van der Waals surface area contributed by atoms with Gasteiger partial charge in [0.05, 0.1) is 17.0 Å². The summed E-state index contributed by atoms with van der Waals surface area (Å²) in [5.41, 5.74) is -0.528. The van der Waals surface area contributed by atoms with Gasteiger partial charge in [-0.1, -0.05) is 13.3 Å². The molecule has 1 atom stereocenters. The number of aromatic nitrogens is 1. The first-order valence-electron chi connectivity index (χ1n) is 9.45. The number of carboxylic acids is 1. The van der Waals surface area contributed by atoms with Crippen molar-refractivity contribution in [1.82, 2.24) is 4.57 Å². The predicted molar refractivity (Wildman–Crippen MR) is 105 cm³/mol. The van der Waals surface area contributed by atoms with Gasteiger partial charge in [-0.05, 0) is 49.2 Å². The van der Waals surface area contributed by atoms with Gasteiger partial charge in [-0.25, -0.2) is 4.39 Å². The van der Waals surface area contributed by atoms with Gasteiger partial charge < -0.3 is 10.2 Å². The number of alkyl halides is 3. The van der Waals surface area contributed by atoms with Crippen LogP contribution >= 0.6 is 0 Å². The Labute approximate surface area is 174 Å². The zero-order chi connectivity index (χ0) is 23.1. The Hall–Kier alpha value is -3.36. The largest absolute Gasteiger partial charge is 0.505 e. The minimum absolute atomic E-state index is 0.0232. The molecule has 9 heteroatoms. The lowest BCUT2D eigenvalue weighted by Crippen LogP contribution is -2.16. The number of phenolic OH excluding ortho intramolecular Hbond substituents is 1. The molecule has 2 aromatic carbocycles. The maximum atomic E-state index is 14.1. The van der Waals surface area contributed by atoms with E-state index in [1.807, 2.05) is 0 Å². The molecule has 5 nitrogen and oxygen atoms in total. The minimum Gasteiger partial charge on any atom is -0.505 e. The number of aliphatic carboxylic acids is 1. The summed E-state index contributed by atoms with van der Waals surface area (Å²) in [7, 11) is 0. The van der Waals surface area contributed by atoms with Crippen LogP contribution in [0, 0.1) is 12.7 Å². The Morgan fingerprint density at radius 1 is 1.13 bits per heavy atom. The lowest BCUT2D eigenvalue weighted by Gasteiger charge is -2.13. The molecular formula is C22H19F4NO4. The van der Waals surface area contributed by atoms with Crippen molar-refractivity contribution in [2.75, 3.05) is 0 Å². The van der Waals surface area contributed by atoms with Gasteiger partial charge in [0.15, 0.2) is 11.6 Å². The number of aromatic hydroxyl groups is 1. The fourth-order valence-electron chi connectivity index (χ4n) is 3.76. The second kappa shape index (κ2) is 8.05. The molecular weight excluding hydrogens is 418 g/mol. The molecule has 3 rings (SSSR count). The van der Waals surface area contributed by atoms with Crippen LogP contribution < -0.4 is 0 Å². The van der Waals surface area contributed by atoms with Crippen LogP contribution in [0.25, 0.3) is 10.9 Å². The molecule has 0 amide bonds. The molecule has 31 heavy (non-hydrogen) atoms. The highest BCUT2D eigenvalue weighted by Gasteiger charge is 2.32. The molecule has 1 aromatic heterocycles. The van der Waals surface area contributed by atoms with E-state index in [2.05, 4.69) is 0 Å². The molecule has 0 aliphatic heterocycles. The quantitative estimate of drug-likeness (QED) is 0.519. The number of carbonyl (C=O) groups excluding carboxylic acids is 1. The van der Waals surface area contributed by atoms with Crippen LogP contribution in [0.4, 0.5) is 17.6 Å². The van der Waals surface area contributed by atoms with Gasteiger partial charge in [-0.3, -0.25) is 14.2 Å². The van der Waals surface area contributed by atoms with E-state index < -0.39 is 41.1 Å². The van der Waals surface area contributed by atoms with Gasteiger partial charge in [0, 0.05) is 22.7 Å². The van der Waals surface area contributed by atoms with Gasteiger partial charge >= 0.3 is 12.1 Å². The molecule has 0 saturated heterocycles. The molecule has 1 unspecified atom stereocenters. The van der Waals surface area contributed by atoms with Crippen molar-refractivity contribution in [1.29, 1.82) is 0 Å². The highest BCUT2D eigenvalue weighted by Crippen LogP contribution is 2.38. The Balaban J connectivity index is 2.25. The smallest absolute Gasteiger partial charge is 0.416 e. The number of rotatable bonds is 5. The Morgan fingerprint density at radius 2 is 1.74 bits per heavy atom. The van der Waals surface area contributed by atoms with Gasteiger partial charge in [0.2, 0.25) is 0 Å². The second-order valence-corrected chi connectivity index (χ2v) is 7.22. The van der Waals surface area contributed by atoms with Gasteiger partial charge in [0.25, 0.3) is 5.91 Å². The monoisotopic (exact) mass is 437 g/mol. The molecule has 0 fully saturated rings. The van der Waals surface area contributed by atoms with Crippen molar-refractivity contribution in [2.45, 2.75) is 38.8 Å². The molecule has 3 aromatic rings. The summed E-state index contributed by atoms with van der Waals surface area (Å²) >= 11 is 0. The highest BCUT2D eigenvalue weighted by atomic mass is 19.4. The number of phenols is 1. The predicted octanol–water partition coefficient (Wildman–Crippen LogP) is 5.47. The van der Waals surface area contributed by atoms with Crippen LogP contribution in [0.5, 0.6) is 5.75 Å². The van der Waals surface area contributed by atoms with Crippen molar-refractivity contribution in [3.63, 3.8) is 0 Å². The van der Waals surface area contributed by atoms with Crippen LogP contribution in [0.15, 0.2) is 36.4 Å². The van der Waals surface area contributed by atoms with Crippen molar-refractivity contribution in [3.8, 4) is 5.75 Å². The third kappa shape index (κ3) is 3.99. The molecule has 0 spiro atoms. The molecule has 164 valence electrons. The topological polar surface area (TPSA) is 79.5 Å². The fraction of sp³-hybridized carbons (Fsp3) is 0.273. The van der Waals surface area contributed by atoms with Crippen molar-refractivity contribution in [2.24, 2.45) is 0 Å². The summed E-state index contributed by atoms with van der Waals surface area (Å²) in [6.07, 6.45) is -3.81. The number of carboxylic acid groups (broad SMARTS) is 1. The van der Waals surface area contributed by atoms with Crippen LogP contribution in [0.3, 0.4) is 0 Å². The van der Waals surface area contributed by atoms with E-state index in [4.69, 9.17) is 0 Å². The van der Waals surface area contributed by atoms with E-state index in [0.29, 0.717) is 6.42 Å². The molecule has 0 radical (unpaired) electrons. The number of carbonyl (C=O) groups is 2. The maximum absolute atomic E-state index is 14.1. The third-order valence-corrected chi connectivity index (χ3v) is 5.21. The van der Waals surface area contributed by atoms with E-state index in [1.54, 1.807) is 6.92 Å². The zero-order valence-corrected chi connectivity index (χ0v) is 16.6. The number of halogens is 4. The molecule has 1 heterocycles. The second-order valence-electron chi connectivity index (χ2n) is 7.22. The molecule has 0 bridgehead atoms. The SMILES string of the molecule is CCCC(C(=O)O)c1c(C)n(C(=O)c2ccc(C(F)(F)F)cc2)c2cc(F)c(O)cc12. The van der Waals surface area contributed by atoms with Crippen molar-refractivity contribution in [3.05, 3.63) is 64.6 Å². The Bertz CT molecular complexity index is 1160. The zero-order valence-electron chi connectivity index (χ0n) is 16.6. The summed E-state index contributed by atoms with van der Waals surface area (Å²) in [6.45, 7) is 3.27. The number of nitrogens with zero attached hydrogens (tertiary/aromatic N) is 1. The summed E-state index contributed by atoms with van der Waals surface area (Å²) < 4.78 is 53.7. The number of hydrogen-bond acceptors (Lipinski definition) is 3. The first-order chi connectivity index (χ1) is 14.5. The summed E-state index contributed by atoms with van der Waals surface area (Å²) in [5.74, 6) is -4.61. The number of benzene rings is 2. The first-order valence-corrected chi connectivity index (χ1v) is 9.45. The first kappa shape index (κ1) is 22.3. The highest BCUT2D eigenvalue weighted by molar-refractivity contribution is 6.05. The molecule has 0 aliphatic carbocycles. The van der Waals surface area contributed by atoms with E-state index in [-0.39, 0.29) is 34.1 Å². The average molecular weight is 437 g/mol. The van der Waals surface area contributed by atoms with E-state index >= 15 is 0 Å². The normalized spacial score (nSPS) is 12.8. The Morgan fingerprint density at radius 3 is 2.26 bits per heavy atom. The van der Waals surface area contributed by atoms with Crippen molar-refractivity contribution < 1.29 is 37.4 Å². The van der Waals surface area contributed by atoms with Gasteiger partial charge in [-0.15, -0.1) is 0 Å². The molecule has 0 saturated carbocycles. The lowest BCUT2D eigenvalue weighted by molar-refractivity contribution is -0.139. The molecule has 0 aliphatic rings. The molecule has 2 N–H and O–H groups in total.